The lowest BCUT2D eigenvalue weighted by atomic mass is 10.3. The number of halogens is 3. The molecule has 12 heavy (non-hydrogen) atoms. The van der Waals surface area contributed by atoms with Gasteiger partial charge in [0.25, 0.3) is 0 Å². The van der Waals surface area contributed by atoms with E-state index in [-0.39, 0.29) is 0 Å². The van der Waals surface area contributed by atoms with Gasteiger partial charge >= 0.3 is 0 Å². The summed E-state index contributed by atoms with van der Waals surface area (Å²) in [6.45, 7) is 2.05. The fourth-order valence-corrected chi connectivity index (χ4v) is 1.43. The quantitative estimate of drug-likeness (QED) is 0.704. The van der Waals surface area contributed by atoms with Crippen molar-refractivity contribution in [2.45, 2.75) is 11.8 Å². The first kappa shape index (κ1) is 10.5. The Morgan fingerprint density at radius 1 is 1.50 bits per heavy atom. The van der Waals surface area contributed by atoms with E-state index in [2.05, 4.69) is 47.8 Å². The lowest BCUT2D eigenvalue weighted by Gasteiger charge is -1.88. The molecule has 1 nitrogen and oxygen atoms in total. The minimum atomic E-state index is 0.361. The summed E-state index contributed by atoms with van der Waals surface area (Å²) in [5, 5.41) is 0. The number of rotatable bonds is 2. The van der Waals surface area contributed by atoms with Gasteiger partial charge in [-0.05, 0) is 50.9 Å². The van der Waals surface area contributed by atoms with E-state index in [0.29, 0.717) is 4.83 Å². The molecule has 0 aliphatic carbocycles. The molecule has 0 N–H and O–H groups in total. The SMILES string of the molecule is CC(Br)/C=C/c1cc(Br)c(Br)o1. The molecule has 0 amide bonds. The van der Waals surface area contributed by atoms with E-state index < -0.39 is 0 Å². The van der Waals surface area contributed by atoms with Crippen molar-refractivity contribution in [3.05, 3.63) is 27.0 Å². The lowest BCUT2D eigenvalue weighted by Crippen LogP contribution is -1.78. The van der Waals surface area contributed by atoms with Gasteiger partial charge in [-0.25, -0.2) is 0 Å². The van der Waals surface area contributed by atoms with Crippen LogP contribution in [0.4, 0.5) is 0 Å². The Balaban J connectivity index is 2.77. The van der Waals surface area contributed by atoms with Crippen molar-refractivity contribution in [2.24, 2.45) is 0 Å². The van der Waals surface area contributed by atoms with Crippen molar-refractivity contribution in [3.63, 3.8) is 0 Å². The van der Waals surface area contributed by atoms with E-state index in [9.17, 15) is 0 Å². The van der Waals surface area contributed by atoms with Crippen molar-refractivity contribution in [1.29, 1.82) is 0 Å². The van der Waals surface area contributed by atoms with Gasteiger partial charge in [-0.1, -0.05) is 22.0 Å². The molecule has 1 rings (SSSR count). The van der Waals surface area contributed by atoms with Crippen LogP contribution in [-0.4, -0.2) is 4.83 Å². The highest BCUT2D eigenvalue weighted by atomic mass is 79.9. The first-order valence-electron chi connectivity index (χ1n) is 3.36. The van der Waals surface area contributed by atoms with Crippen molar-refractivity contribution in [3.8, 4) is 0 Å². The highest BCUT2D eigenvalue weighted by Gasteiger charge is 2.02. The monoisotopic (exact) mass is 356 g/mol. The third kappa shape index (κ3) is 3.07. The molecule has 66 valence electrons. The zero-order valence-corrected chi connectivity index (χ0v) is 11.1. The largest absolute Gasteiger partial charge is 0.449 e. The topological polar surface area (TPSA) is 13.1 Å². The Bertz CT molecular complexity index is 269. The summed E-state index contributed by atoms with van der Waals surface area (Å²) in [5.41, 5.74) is 0. The van der Waals surface area contributed by atoms with E-state index in [4.69, 9.17) is 4.42 Å². The molecule has 1 unspecified atom stereocenters. The molecule has 0 aromatic carbocycles. The highest BCUT2D eigenvalue weighted by molar-refractivity contribution is 9.13. The fraction of sp³-hybridized carbons (Fsp3) is 0.250. The van der Waals surface area contributed by atoms with Gasteiger partial charge in [-0.15, -0.1) is 0 Å². The van der Waals surface area contributed by atoms with Crippen molar-refractivity contribution in [2.75, 3.05) is 0 Å². The number of furan rings is 1. The summed E-state index contributed by atoms with van der Waals surface area (Å²) in [7, 11) is 0. The Labute approximate surface area is 96.6 Å². The lowest BCUT2D eigenvalue weighted by molar-refractivity contribution is 0.530. The van der Waals surface area contributed by atoms with Gasteiger partial charge in [-0.2, -0.15) is 0 Å². The smallest absolute Gasteiger partial charge is 0.184 e. The molecule has 1 aromatic heterocycles. The second-order valence-electron chi connectivity index (χ2n) is 2.31. The van der Waals surface area contributed by atoms with E-state index in [1.807, 2.05) is 25.1 Å². The molecule has 0 radical (unpaired) electrons. The second kappa shape index (κ2) is 4.63. The molecule has 0 aliphatic rings. The minimum absolute atomic E-state index is 0.361. The van der Waals surface area contributed by atoms with Crippen LogP contribution in [0, 0.1) is 0 Å². The van der Waals surface area contributed by atoms with E-state index in [0.717, 1.165) is 14.9 Å². The van der Waals surface area contributed by atoms with Gasteiger partial charge in [-0.3, -0.25) is 0 Å². The fourth-order valence-electron chi connectivity index (χ4n) is 0.673. The van der Waals surface area contributed by atoms with Gasteiger partial charge in [0.05, 0.1) is 4.47 Å². The van der Waals surface area contributed by atoms with Crippen LogP contribution in [0.25, 0.3) is 6.08 Å². The molecule has 1 heterocycles. The van der Waals surface area contributed by atoms with Crippen LogP contribution in [0.1, 0.15) is 12.7 Å². The molecule has 0 spiro atoms. The molecule has 0 fully saturated rings. The van der Waals surface area contributed by atoms with Crippen LogP contribution >= 0.6 is 47.8 Å². The van der Waals surface area contributed by atoms with Crippen molar-refractivity contribution in [1.82, 2.24) is 0 Å². The maximum absolute atomic E-state index is 5.33. The van der Waals surface area contributed by atoms with Crippen molar-refractivity contribution < 1.29 is 4.42 Å². The third-order valence-electron chi connectivity index (χ3n) is 1.19. The Morgan fingerprint density at radius 2 is 2.17 bits per heavy atom. The van der Waals surface area contributed by atoms with Crippen LogP contribution in [0.15, 0.2) is 25.7 Å². The Morgan fingerprint density at radius 3 is 2.58 bits per heavy atom. The average Bonchev–Trinajstić information content (AvgIpc) is 2.28. The number of hydrogen-bond acceptors (Lipinski definition) is 1. The number of hydrogen-bond donors (Lipinski definition) is 0. The predicted octanol–water partition coefficient (Wildman–Crippen LogP) is 4.60. The zero-order valence-electron chi connectivity index (χ0n) is 6.35. The summed E-state index contributed by atoms with van der Waals surface area (Å²) in [6, 6.07) is 1.91. The molecular formula is C8H7Br3O. The minimum Gasteiger partial charge on any atom is -0.449 e. The number of alkyl halides is 1. The number of allylic oxidation sites excluding steroid dienone is 1. The maximum Gasteiger partial charge on any atom is 0.184 e. The summed E-state index contributed by atoms with van der Waals surface area (Å²) in [6.07, 6.45) is 3.94. The molecule has 0 saturated carbocycles. The van der Waals surface area contributed by atoms with Crippen LogP contribution in [0.3, 0.4) is 0 Å². The molecule has 0 aliphatic heterocycles. The van der Waals surface area contributed by atoms with Crippen LogP contribution < -0.4 is 0 Å². The second-order valence-corrected chi connectivity index (χ2v) is 5.33. The van der Waals surface area contributed by atoms with E-state index >= 15 is 0 Å². The van der Waals surface area contributed by atoms with Gasteiger partial charge in [0.2, 0.25) is 0 Å². The molecule has 0 bridgehead atoms. The summed E-state index contributed by atoms with van der Waals surface area (Å²) < 4.78 is 6.99. The zero-order chi connectivity index (χ0) is 9.14. The van der Waals surface area contributed by atoms with Crippen LogP contribution in [-0.2, 0) is 0 Å². The Kier molecular flexibility index (Phi) is 4.06. The standard InChI is InChI=1S/C8H7Br3O/c1-5(9)2-3-6-4-7(10)8(11)12-6/h2-5H,1H3/b3-2+. The van der Waals surface area contributed by atoms with Gasteiger partial charge in [0.15, 0.2) is 4.67 Å². The summed E-state index contributed by atoms with van der Waals surface area (Å²) >= 11 is 10.0. The van der Waals surface area contributed by atoms with E-state index in [1.54, 1.807) is 0 Å². The molecule has 1 atom stereocenters. The maximum atomic E-state index is 5.33. The third-order valence-corrected chi connectivity index (χ3v) is 3.21. The average molecular weight is 359 g/mol. The van der Waals surface area contributed by atoms with Gasteiger partial charge in [0, 0.05) is 4.83 Å². The first-order valence-corrected chi connectivity index (χ1v) is 5.87. The van der Waals surface area contributed by atoms with Crippen LogP contribution in [0.2, 0.25) is 0 Å². The Hall–Kier alpha value is 0.460. The van der Waals surface area contributed by atoms with Crippen LogP contribution in [0.5, 0.6) is 0 Å². The van der Waals surface area contributed by atoms with Crippen molar-refractivity contribution >= 4 is 53.9 Å². The first-order chi connectivity index (χ1) is 5.59. The van der Waals surface area contributed by atoms with E-state index in [1.165, 1.54) is 0 Å². The molecule has 0 saturated heterocycles. The highest BCUT2D eigenvalue weighted by Crippen LogP contribution is 2.27. The molecule has 4 heteroatoms. The summed E-state index contributed by atoms with van der Waals surface area (Å²) in [4.78, 5) is 0.361. The van der Waals surface area contributed by atoms with Gasteiger partial charge in [0.1, 0.15) is 5.76 Å². The van der Waals surface area contributed by atoms with Gasteiger partial charge < -0.3 is 4.42 Å². The normalized spacial score (nSPS) is 14.0. The predicted molar refractivity (Wildman–Crippen MR) is 61.5 cm³/mol. The molecular weight excluding hydrogens is 352 g/mol. The summed E-state index contributed by atoms with van der Waals surface area (Å²) in [5.74, 6) is 0.833. The molecule has 1 aromatic rings.